The first-order chi connectivity index (χ1) is 9.61. The van der Waals surface area contributed by atoms with E-state index in [0.29, 0.717) is 19.1 Å². The second kappa shape index (κ2) is 6.90. The van der Waals surface area contributed by atoms with E-state index in [1.807, 2.05) is 6.92 Å². The minimum atomic E-state index is -0.925. The maximum atomic E-state index is 12.1. The van der Waals surface area contributed by atoms with Gasteiger partial charge in [0.15, 0.2) is 0 Å². The number of ether oxygens (including phenoxy) is 2. The Morgan fingerprint density at radius 2 is 1.90 bits per heavy atom. The molecule has 0 heterocycles. The number of carbonyl (C=O) groups is 1. The minimum absolute atomic E-state index is 0.241. The van der Waals surface area contributed by atoms with Gasteiger partial charge in [-0.15, -0.1) is 0 Å². The summed E-state index contributed by atoms with van der Waals surface area (Å²) in [5, 5.41) is 0. The van der Waals surface area contributed by atoms with Crippen molar-refractivity contribution in [2.24, 2.45) is 17.6 Å². The third-order valence-electron chi connectivity index (χ3n) is 4.86. The van der Waals surface area contributed by atoms with Crippen molar-refractivity contribution in [1.29, 1.82) is 0 Å². The Morgan fingerprint density at radius 3 is 2.50 bits per heavy atom. The molecule has 0 bridgehead atoms. The first-order valence-electron chi connectivity index (χ1n) is 8.19. The van der Waals surface area contributed by atoms with E-state index >= 15 is 0 Å². The summed E-state index contributed by atoms with van der Waals surface area (Å²) in [7, 11) is 0. The molecule has 0 amide bonds. The maximum absolute atomic E-state index is 12.1. The van der Waals surface area contributed by atoms with Gasteiger partial charge in [0, 0.05) is 0 Å². The van der Waals surface area contributed by atoms with Crippen LogP contribution < -0.4 is 5.73 Å². The Hall–Kier alpha value is -0.610. The Labute approximate surface area is 122 Å². The molecule has 3 unspecified atom stereocenters. The molecule has 0 spiro atoms. The van der Waals surface area contributed by atoms with Gasteiger partial charge >= 0.3 is 5.97 Å². The van der Waals surface area contributed by atoms with Crippen LogP contribution in [0.4, 0.5) is 0 Å². The van der Waals surface area contributed by atoms with E-state index in [0.717, 1.165) is 25.7 Å². The molecule has 4 nitrogen and oxygen atoms in total. The van der Waals surface area contributed by atoms with Crippen LogP contribution >= 0.6 is 0 Å². The smallest absolute Gasteiger partial charge is 0.328 e. The zero-order valence-electron chi connectivity index (χ0n) is 12.9. The number of carbonyl (C=O) groups excluding carboxylic acids is 1. The lowest BCUT2D eigenvalue weighted by atomic mass is 9.84. The Bertz CT molecular complexity index is 330. The zero-order valence-corrected chi connectivity index (χ0v) is 12.9. The van der Waals surface area contributed by atoms with Gasteiger partial charge in [0.1, 0.15) is 5.54 Å². The van der Waals surface area contributed by atoms with E-state index in [1.165, 1.54) is 19.3 Å². The normalized spacial score (nSPS) is 29.8. The zero-order chi connectivity index (χ0) is 14.6. The fourth-order valence-corrected chi connectivity index (χ4v) is 3.31. The molecule has 2 aliphatic rings. The second-order valence-corrected chi connectivity index (χ2v) is 6.34. The fraction of sp³-hybridized carbons (Fsp3) is 0.938. The molecule has 2 fully saturated rings. The summed E-state index contributed by atoms with van der Waals surface area (Å²) in [4.78, 5) is 12.1. The van der Waals surface area contributed by atoms with E-state index in [2.05, 4.69) is 6.92 Å². The van der Waals surface area contributed by atoms with Gasteiger partial charge in [0.05, 0.1) is 19.3 Å². The van der Waals surface area contributed by atoms with Crippen molar-refractivity contribution < 1.29 is 14.3 Å². The highest BCUT2D eigenvalue weighted by atomic mass is 16.5. The van der Waals surface area contributed by atoms with Crippen LogP contribution in [-0.4, -0.2) is 30.8 Å². The van der Waals surface area contributed by atoms with Crippen molar-refractivity contribution >= 4 is 5.97 Å². The van der Waals surface area contributed by atoms with E-state index < -0.39 is 5.54 Å². The summed E-state index contributed by atoms with van der Waals surface area (Å²) in [6.07, 6.45) is 8.30. The number of hydrogen-bond acceptors (Lipinski definition) is 4. The Morgan fingerprint density at radius 1 is 1.20 bits per heavy atom. The lowest BCUT2D eigenvalue weighted by Crippen LogP contribution is -2.55. The van der Waals surface area contributed by atoms with E-state index in [9.17, 15) is 4.79 Å². The molecule has 20 heavy (non-hydrogen) atoms. The van der Waals surface area contributed by atoms with Crippen molar-refractivity contribution in [3.8, 4) is 0 Å². The van der Waals surface area contributed by atoms with Crippen LogP contribution in [0.3, 0.4) is 0 Å². The van der Waals surface area contributed by atoms with Crippen LogP contribution in [0, 0.1) is 11.8 Å². The molecule has 2 saturated carbocycles. The topological polar surface area (TPSA) is 61.5 Å². The summed E-state index contributed by atoms with van der Waals surface area (Å²) < 4.78 is 11.3. The molecule has 116 valence electrons. The average Bonchev–Trinajstić information content (AvgIpc) is 3.30. The molecule has 0 radical (unpaired) electrons. The van der Waals surface area contributed by atoms with E-state index in [-0.39, 0.29) is 18.0 Å². The summed E-state index contributed by atoms with van der Waals surface area (Å²) >= 11 is 0. The van der Waals surface area contributed by atoms with Crippen LogP contribution in [0.2, 0.25) is 0 Å². The average molecular weight is 283 g/mol. The van der Waals surface area contributed by atoms with Crippen LogP contribution in [0.15, 0.2) is 0 Å². The highest BCUT2D eigenvalue weighted by Gasteiger charge is 2.50. The molecule has 0 aromatic heterocycles. The van der Waals surface area contributed by atoms with Crippen molar-refractivity contribution in [2.75, 3.05) is 13.2 Å². The molecule has 4 heteroatoms. The van der Waals surface area contributed by atoms with E-state index in [4.69, 9.17) is 15.2 Å². The van der Waals surface area contributed by atoms with Gasteiger partial charge in [-0.2, -0.15) is 0 Å². The Balaban J connectivity index is 1.93. The standard InChI is InChI=1S/C16H29NO3/c1-3-12-7-5-6-8-14(12)20-11-16(17,13-9-10-13)15(18)19-4-2/h12-14H,3-11,17H2,1-2H3. The van der Waals surface area contributed by atoms with Gasteiger partial charge in [-0.1, -0.05) is 26.2 Å². The van der Waals surface area contributed by atoms with Gasteiger partial charge in [-0.25, -0.2) is 4.79 Å². The van der Waals surface area contributed by atoms with Crippen molar-refractivity contribution in [3.05, 3.63) is 0 Å². The summed E-state index contributed by atoms with van der Waals surface area (Å²) in [6.45, 7) is 4.73. The predicted molar refractivity (Wildman–Crippen MR) is 78.3 cm³/mol. The first kappa shape index (κ1) is 15.8. The molecule has 2 rings (SSSR count). The molecule has 2 aliphatic carbocycles. The summed E-state index contributed by atoms with van der Waals surface area (Å²) in [5.74, 6) is 0.575. The van der Waals surface area contributed by atoms with Crippen LogP contribution in [0.25, 0.3) is 0 Å². The first-order valence-corrected chi connectivity index (χ1v) is 8.19. The third kappa shape index (κ3) is 3.53. The molecular weight excluding hydrogens is 254 g/mol. The van der Waals surface area contributed by atoms with Crippen LogP contribution in [0.1, 0.15) is 58.8 Å². The van der Waals surface area contributed by atoms with E-state index in [1.54, 1.807) is 0 Å². The lowest BCUT2D eigenvalue weighted by molar-refractivity contribution is -0.155. The van der Waals surface area contributed by atoms with Gasteiger partial charge in [0.2, 0.25) is 0 Å². The second-order valence-electron chi connectivity index (χ2n) is 6.34. The number of esters is 1. The molecule has 3 atom stereocenters. The maximum Gasteiger partial charge on any atom is 0.328 e. The molecule has 0 aromatic rings. The quantitative estimate of drug-likeness (QED) is 0.730. The fourth-order valence-electron chi connectivity index (χ4n) is 3.31. The van der Waals surface area contributed by atoms with Crippen LogP contribution in [-0.2, 0) is 14.3 Å². The molecule has 0 aromatic carbocycles. The van der Waals surface area contributed by atoms with Gasteiger partial charge in [-0.05, 0) is 44.4 Å². The number of hydrogen-bond donors (Lipinski definition) is 1. The van der Waals surface area contributed by atoms with Crippen molar-refractivity contribution in [3.63, 3.8) is 0 Å². The summed E-state index contributed by atoms with van der Waals surface area (Å²) in [6, 6.07) is 0. The molecular formula is C16H29NO3. The van der Waals surface area contributed by atoms with Crippen molar-refractivity contribution in [2.45, 2.75) is 70.4 Å². The van der Waals surface area contributed by atoms with Crippen molar-refractivity contribution in [1.82, 2.24) is 0 Å². The predicted octanol–water partition coefficient (Wildman–Crippen LogP) is 2.64. The number of nitrogens with two attached hydrogens (primary N) is 1. The van der Waals surface area contributed by atoms with Crippen LogP contribution in [0.5, 0.6) is 0 Å². The Kier molecular flexibility index (Phi) is 5.44. The monoisotopic (exact) mass is 283 g/mol. The number of rotatable bonds is 7. The van der Waals surface area contributed by atoms with Gasteiger partial charge in [-0.3, -0.25) is 0 Å². The third-order valence-corrected chi connectivity index (χ3v) is 4.86. The molecule has 0 aliphatic heterocycles. The highest BCUT2D eigenvalue weighted by molar-refractivity contribution is 5.81. The molecule has 2 N–H and O–H groups in total. The van der Waals surface area contributed by atoms with Gasteiger partial charge < -0.3 is 15.2 Å². The summed E-state index contributed by atoms with van der Waals surface area (Å²) in [5.41, 5.74) is 5.41. The lowest BCUT2D eigenvalue weighted by Gasteiger charge is -2.34. The van der Waals surface area contributed by atoms with Gasteiger partial charge in [0.25, 0.3) is 0 Å². The molecule has 0 saturated heterocycles. The highest BCUT2D eigenvalue weighted by Crippen LogP contribution is 2.40. The largest absolute Gasteiger partial charge is 0.465 e. The SMILES string of the molecule is CCOC(=O)C(N)(COC1CCCCC1CC)C1CC1. The minimum Gasteiger partial charge on any atom is -0.465 e.